The van der Waals surface area contributed by atoms with Gasteiger partial charge < -0.3 is 10.2 Å². The van der Waals surface area contributed by atoms with Crippen molar-refractivity contribution in [1.29, 1.82) is 0 Å². The minimum atomic E-state index is 0.567. The van der Waals surface area contributed by atoms with Crippen LogP contribution in [0.1, 0.15) is 38.4 Å². The summed E-state index contributed by atoms with van der Waals surface area (Å²) in [6.07, 6.45) is 1.17. The van der Waals surface area contributed by atoms with Gasteiger partial charge >= 0.3 is 0 Å². The van der Waals surface area contributed by atoms with E-state index in [2.05, 4.69) is 62.0 Å². The van der Waals surface area contributed by atoms with E-state index < -0.39 is 0 Å². The summed E-state index contributed by atoms with van der Waals surface area (Å²) < 4.78 is 0. The number of aromatic nitrogens is 1. The van der Waals surface area contributed by atoms with E-state index in [1.54, 1.807) is 0 Å². The molecule has 0 amide bonds. The second-order valence-electron chi connectivity index (χ2n) is 6.42. The Kier molecular flexibility index (Phi) is 5.59. The maximum Gasteiger partial charge on any atom is 0.129 e. The van der Waals surface area contributed by atoms with Gasteiger partial charge in [-0.3, -0.25) is 4.90 Å². The van der Waals surface area contributed by atoms with E-state index in [4.69, 9.17) is 4.98 Å². The SMILES string of the molecule is CCCNCc1cc(C)nc(N2CC(C)N(C)C(C)C2)c1. The molecule has 1 fully saturated rings. The molecule has 0 spiro atoms. The first-order valence-corrected chi connectivity index (χ1v) is 8.16. The van der Waals surface area contributed by atoms with Gasteiger partial charge in [-0.2, -0.15) is 0 Å². The van der Waals surface area contributed by atoms with Crippen molar-refractivity contribution in [2.45, 2.75) is 52.7 Å². The molecule has 21 heavy (non-hydrogen) atoms. The van der Waals surface area contributed by atoms with Crippen molar-refractivity contribution in [2.75, 3.05) is 31.6 Å². The smallest absolute Gasteiger partial charge is 0.129 e. The average molecular weight is 290 g/mol. The average Bonchev–Trinajstić information content (AvgIpc) is 2.44. The van der Waals surface area contributed by atoms with Crippen molar-refractivity contribution in [3.8, 4) is 0 Å². The molecule has 1 N–H and O–H groups in total. The Morgan fingerprint density at radius 1 is 1.24 bits per heavy atom. The topological polar surface area (TPSA) is 31.4 Å². The summed E-state index contributed by atoms with van der Waals surface area (Å²) in [5.41, 5.74) is 2.45. The Hall–Kier alpha value is -1.13. The van der Waals surface area contributed by atoms with Crippen molar-refractivity contribution >= 4 is 5.82 Å². The van der Waals surface area contributed by atoms with E-state index in [-0.39, 0.29) is 0 Å². The molecule has 0 bridgehead atoms. The molecular formula is C17H30N4. The second kappa shape index (κ2) is 7.23. The molecule has 0 radical (unpaired) electrons. The Labute approximate surface area is 129 Å². The summed E-state index contributed by atoms with van der Waals surface area (Å²) in [6.45, 7) is 13.0. The molecule has 4 heteroatoms. The maximum atomic E-state index is 4.76. The minimum Gasteiger partial charge on any atom is -0.353 e. The highest BCUT2D eigenvalue weighted by Gasteiger charge is 2.27. The Morgan fingerprint density at radius 2 is 1.90 bits per heavy atom. The summed E-state index contributed by atoms with van der Waals surface area (Å²) in [6, 6.07) is 5.57. The van der Waals surface area contributed by atoms with Gasteiger partial charge in [0.05, 0.1) is 0 Å². The van der Waals surface area contributed by atoms with E-state index in [1.165, 1.54) is 12.0 Å². The third-order valence-corrected chi connectivity index (χ3v) is 4.44. The molecule has 1 aliphatic heterocycles. The fraction of sp³-hybridized carbons (Fsp3) is 0.706. The van der Waals surface area contributed by atoms with Crippen LogP contribution in [0.15, 0.2) is 12.1 Å². The van der Waals surface area contributed by atoms with Crippen molar-refractivity contribution in [2.24, 2.45) is 0 Å². The van der Waals surface area contributed by atoms with Gasteiger partial charge in [0.25, 0.3) is 0 Å². The zero-order valence-electron chi connectivity index (χ0n) is 14.2. The minimum absolute atomic E-state index is 0.567. The van der Waals surface area contributed by atoms with Crippen molar-refractivity contribution in [3.05, 3.63) is 23.4 Å². The molecule has 2 unspecified atom stereocenters. The van der Waals surface area contributed by atoms with E-state index in [0.717, 1.165) is 37.7 Å². The maximum absolute atomic E-state index is 4.76. The van der Waals surface area contributed by atoms with Gasteiger partial charge in [0, 0.05) is 37.4 Å². The summed E-state index contributed by atoms with van der Waals surface area (Å²) in [4.78, 5) is 9.65. The lowest BCUT2D eigenvalue weighted by Crippen LogP contribution is -2.55. The Bertz CT molecular complexity index is 448. The molecule has 0 aromatic carbocycles. The molecular weight excluding hydrogens is 260 g/mol. The number of piperazine rings is 1. The number of nitrogens with one attached hydrogen (secondary N) is 1. The fourth-order valence-electron chi connectivity index (χ4n) is 2.99. The lowest BCUT2D eigenvalue weighted by atomic mass is 10.1. The van der Waals surface area contributed by atoms with E-state index >= 15 is 0 Å². The molecule has 2 atom stereocenters. The van der Waals surface area contributed by atoms with Crippen LogP contribution in [-0.4, -0.2) is 48.6 Å². The Morgan fingerprint density at radius 3 is 2.52 bits per heavy atom. The molecule has 1 saturated heterocycles. The predicted octanol–water partition coefficient (Wildman–Crippen LogP) is 2.42. The molecule has 118 valence electrons. The largest absolute Gasteiger partial charge is 0.353 e. The van der Waals surface area contributed by atoms with Crippen LogP contribution in [0.2, 0.25) is 0 Å². The van der Waals surface area contributed by atoms with Crippen LogP contribution in [-0.2, 0) is 6.54 Å². The highest BCUT2D eigenvalue weighted by atomic mass is 15.3. The number of likely N-dealkylation sites (N-methyl/N-ethyl adjacent to an activating group) is 1. The highest BCUT2D eigenvalue weighted by molar-refractivity contribution is 5.43. The third kappa shape index (κ3) is 4.17. The van der Waals surface area contributed by atoms with Crippen LogP contribution in [0.3, 0.4) is 0 Å². The van der Waals surface area contributed by atoms with Gasteiger partial charge in [-0.05, 0) is 58.5 Å². The lowest BCUT2D eigenvalue weighted by Gasteiger charge is -2.43. The predicted molar refractivity (Wildman–Crippen MR) is 89.9 cm³/mol. The van der Waals surface area contributed by atoms with Crippen LogP contribution in [0.5, 0.6) is 0 Å². The van der Waals surface area contributed by atoms with E-state index in [1.807, 2.05) is 0 Å². The molecule has 1 aliphatic rings. The van der Waals surface area contributed by atoms with Gasteiger partial charge in [0.1, 0.15) is 5.82 Å². The van der Waals surface area contributed by atoms with Gasteiger partial charge in [0.15, 0.2) is 0 Å². The number of anilines is 1. The normalized spacial score (nSPS) is 23.6. The van der Waals surface area contributed by atoms with E-state index in [0.29, 0.717) is 12.1 Å². The molecule has 0 saturated carbocycles. The molecule has 2 heterocycles. The summed E-state index contributed by atoms with van der Waals surface area (Å²) in [5.74, 6) is 1.13. The fourth-order valence-corrected chi connectivity index (χ4v) is 2.99. The van der Waals surface area contributed by atoms with E-state index in [9.17, 15) is 0 Å². The van der Waals surface area contributed by atoms with Crippen LogP contribution in [0.4, 0.5) is 5.82 Å². The van der Waals surface area contributed by atoms with Crippen LogP contribution in [0, 0.1) is 6.92 Å². The molecule has 0 aliphatic carbocycles. The van der Waals surface area contributed by atoms with Crippen molar-refractivity contribution in [1.82, 2.24) is 15.2 Å². The number of pyridine rings is 1. The number of hydrogen-bond acceptors (Lipinski definition) is 4. The monoisotopic (exact) mass is 290 g/mol. The van der Waals surface area contributed by atoms with Gasteiger partial charge in [-0.25, -0.2) is 4.98 Å². The van der Waals surface area contributed by atoms with Crippen LogP contribution in [0.25, 0.3) is 0 Å². The molecule has 1 aromatic rings. The zero-order chi connectivity index (χ0) is 15.4. The highest BCUT2D eigenvalue weighted by Crippen LogP contribution is 2.21. The summed E-state index contributed by atoms with van der Waals surface area (Å²) >= 11 is 0. The third-order valence-electron chi connectivity index (χ3n) is 4.44. The zero-order valence-corrected chi connectivity index (χ0v) is 14.2. The number of aryl methyl sites for hydroxylation is 1. The number of rotatable bonds is 5. The van der Waals surface area contributed by atoms with Crippen LogP contribution < -0.4 is 10.2 Å². The molecule has 4 nitrogen and oxygen atoms in total. The van der Waals surface area contributed by atoms with Gasteiger partial charge in [-0.1, -0.05) is 6.92 Å². The molecule has 1 aromatic heterocycles. The quantitative estimate of drug-likeness (QED) is 0.844. The van der Waals surface area contributed by atoms with Crippen molar-refractivity contribution in [3.63, 3.8) is 0 Å². The molecule has 2 rings (SSSR count). The first-order chi connectivity index (χ1) is 10.0. The summed E-state index contributed by atoms with van der Waals surface area (Å²) in [7, 11) is 2.22. The number of nitrogens with zero attached hydrogens (tertiary/aromatic N) is 3. The number of hydrogen-bond donors (Lipinski definition) is 1. The van der Waals surface area contributed by atoms with Gasteiger partial charge in [0.2, 0.25) is 0 Å². The standard InChI is InChI=1S/C17H30N4/c1-6-7-18-10-16-8-13(2)19-17(9-16)21-11-14(3)20(5)15(4)12-21/h8-9,14-15,18H,6-7,10-12H2,1-5H3. The first-order valence-electron chi connectivity index (χ1n) is 8.16. The second-order valence-corrected chi connectivity index (χ2v) is 6.42. The van der Waals surface area contributed by atoms with Crippen LogP contribution >= 0.6 is 0 Å². The van der Waals surface area contributed by atoms with Crippen molar-refractivity contribution < 1.29 is 0 Å². The Balaban J connectivity index is 2.12. The lowest BCUT2D eigenvalue weighted by molar-refractivity contribution is 0.169. The van der Waals surface area contributed by atoms with Gasteiger partial charge in [-0.15, -0.1) is 0 Å². The summed E-state index contributed by atoms with van der Waals surface area (Å²) in [5, 5.41) is 3.48. The first kappa shape index (κ1) is 16.2.